The number of hydrogen-bond donors (Lipinski definition) is 0. The molecule has 122 valence electrons. The predicted molar refractivity (Wildman–Crippen MR) is 84.1 cm³/mol. The molecule has 1 amide bonds. The highest BCUT2D eigenvalue weighted by Gasteiger charge is 2.33. The van der Waals surface area contributed by atoms with Crippen molar-refractivity contribution in [3.63, 3.8) is 0 Å². The van der Waals surface area contributed by atoms with Crippen LogP contribution in [0, 0.1) is 0 Å². The molecule has 6 heteroatoms. The van der Waals surface area contributed by atoms with Crippen LogP contribution in [-0.4, -0.2) is 55.9 Å². The normalized spacial score (nSPS) is 23.8. The van der Waals surface area contributed by atoms with Crippen molar-refractivity contribution >= 4 is 5.91 Å². The van der Waals surface area contributed by atoms with Gasteiger partial charge in [-0.3, -0.25) is 14.4 Å². The molecule has 1 aliphatic carbocycles. The summed E-state index contributed by atoms with van der Waals surface area (Å²) in [5.74, 6) is 0.263. The second-order valence-corrected chi connectivity index (χ2v) is 6.72. The molecule has 0 bridgehead atoms. The Balaban J connectivity index is 1.59. The second kappa shape index (κ2) is 6.77. The lowest BCUT2D eigenvalue weighted by atomic mass is 9.89. The molecule has 0 spiro atoms. The van der Waals surface area contributed by atoms with E-state index in [9.17, 15) is 4.79 Å². The van der Waals surface area contributed by atoms with Gasteiger partial charge < -0.3 is 4.90 Å². The fourth-order valence-electron chi connectivity index (χ4n) is 3.73. The van der Waals surface area contributed by atoms with Gasteiger partial charge in [-0.1, -0.05) is 5.21 Å². The first-order valence-electron chi connectivity index (χ1n) is 8.50. The van der Waals surface area contributed by atoms with Crippen molar-refractivity contribution in [2.45, 2.75) is 64.1 Å². The lowest BCUT2D eigenvalue weighted by molar-refractivity contribution is -0.136. The summed E-state index contributed by atoms with van der Waals surface area (Å²) in [6, 6.07) is 0.938. The van der Waals surface area contributed by atoms with Gasteiger partial charge in [0, 0.05) is 39.1 Å². The van der Waals surface area contributed by atoms with Gasteiger partial charge in [-0.25, -0.2) is 0 Å². The maximum absolute atomic E-state index is 12.1. The molecule has 6 nitrogen and oxygen atoms in total. The third kappa shape index (κ3) is 3.32. The Labute approximate surface area is 132 Å². The maximum atomic E-state index is 12.1. The number of amides is 1. The van der Waals surface area contributed by atoms with Crippen molar-refractivity contribution in [1.82, 2.24) is 24.8 Å². The molecule has 2 fully saturated rings. The SMILES string of the molecule is CC(=O)N(C1CCC1)[C@H]1CCCN(Cc2cnnn2C)CC1. The maximum Gasteiger partial charge on any atom is 0.219 e. The van der Waals surface area contributed by atoms with Crippen molar-refractivity contribution in [2.24, 2.45) is 7.05 Å². The van der Waals surface area contributed by atoms with Crippen molar-refractivity contribution in [3.8, 4) is 0 Å². The van der Waals surface area contributed by atoms with E-state index >= 15 is 0 Å². The van der Waals surface area contributed by atoms with Gasteiger partial charge in [0.1, 0.15) is 0 Å². The van der Waals surface area contributed by atoms with E-state index in [2.05, 4.69) is 20.1 Å². The number of aromatic nitrogens is 3. The molecule has 0 aromatic carbocycles. The summed E-state index contributed by atoms with van der Waals surface area (Å²) in [6.07, 6.45) is 8.89. The Hall–Kier alpha value is -1.43. The third-order valence-corrected chi connectivity index (χ3v) is 5.21. The van der Waals surface area contributed by atoms with E-state index < -0.39 is 0 Å². The molecule has 0 unspecified atom stereocenters. The number of hydrogen-bond acceptors (Lipinski definition) is 4. The first-order valence-corrected chi connectivity index (χ1v) is 8.50. The zero-order valence-corrected chi connectivity index (χ0v) is 13.7. The summed E-state index contributed by atoms with van der Waals surface area (Å²) in [4.78, 5) is 16.7. The minimum atomic E-state index is 0.263. The molecular formula is C16H27N5O. The number of nitrogens with zero attached hydrogens (tertiary/aromatic N) is 5. The van der Waals surface area contributed by atoms with Crippen LogP contribution in [0.1, 0.15) is 51.1 Å². The Bertz CT molecular complexity index is 510. The molecule has 0 N–H and O–H groups in total. The van der Waals surface area contributed by atoms with Crippen LogP contribution in [0.5, 0.6) is 0 Å². The molecule has 1 aromatic heterocycles. The van der Waals surface area contributed by atoms with Crippen LogP contribution < -0.4 is 0 Å². The van der Waals surface area contributed by atoms with Gasteiger partial charge in [0.2, 0.25) is 5.91 Å². The zero-order valence-electron chi connectivity index (χ0n) is 13.7. The molecule has 2 heterocycles. The van der Waals surface area contributed by atoms with Crippen LogP contribution in [0.2, 0.25) is 0 Å². The Kier molecular flexibility index (Phi) is 4.76. The first kappa shape index (κ1) is 15.5. The topological polar surface area (TPSA) is 54.3 Å². The summed E-state index contributed by atoms with van der Waals surface area (Å²) >= 11 is 0. The van der Waals surface area contributed by atoms with Gasteiger partial charge in [0.25, 0.3) is 0 Å². The summed E-state index contributed by atoms with van der Waals surface area (Å²) in [6.45, 7) is 4.78. The number of carbonyl (C=O) groups excluding carboxylic acids is 1. The minimum Gasteiger partial charge on any atom is -0.337 e. The van der Waals surface area contributed by atoms with Crippen LogP contribution in [-0.2, 0) is 18.4 Å². The van der Waals surface area contributed by atoms with Crippen molar-refractivity contribution in [3.05, 3.63) is 11.9 Å². The Morgan fingerprint density at radius 2 is 1.95 bits per heavy atom. The number of likely N-dealkylation sites (tertiary alicyclic amines) is 1. The molecule has 2 aliphatic rings. The molecule has 1 aliphatic heterocycles. The predicted octanol–water partition coefficient (Wildman–Crippen LogP) is 1.57. The molecule has 1 atom stereocenters. The summed E-state index contributed by atoms with van der Waals surface area (Å²) in [5, 5.41) is 7.95. The summed E-state index contributed by atoms with van der Waals surface area (Å²) in [5.41, 5.74) is 1.15. The minimum absolute atomic E-state index is 0.263. The van der Waals surface area contributed by atoms with Crippen LogP contribution in [0.4, 0.5) is 0 Å². The quantitative estimate of drug-likeness (QED) is 0.847. The lowest BCUT2D eigenvalue weighted by Gasteiger charge is -2.42. The zero-order chi connectivity index (χ0) is 15.5. The lowest BCUT2D eigenvalue weighted by Crippen LogP contribution is -2.49. The van der Waals surface area contributed by atoms with Crippen molar-refractivity contribution in [1.29, 1.82) is 0 Å². The van der Waals surface area contributed by atoms with E-state index in [4.69, 9.17) is 0 Å². The average molecular weight is 305 g/mol. The molecule has 3 rings (SSSR count). The highest BCUT2D eigenvalue weighted by molar-refractivity contribution is 5.74. The fraction of sp³-hybridized carbons (Fsp3) is 0.812. The highest BCUT2D eigenvalue weighted by Crippen LogP contribution is 2.30. The van der Waals surface area contributed by atoms with Gasteiger partial charge in [-0.05, 0) is 45.1 Å². The van der Waals surface area contributed by atoms with Crippen LogP contribution in [0.25, 0.3) is 0 Å². The Morgan fingerprint density at radius 1 is 1.23 bits per heavy atom. The van der Waals surface area contributed by atoms with E-state index in [1.54, 1.807) is 6.92 Å². The van der Waals surface area contributed by atoms with Crippen LogP contribution in [0.3, 0.4) is 0 Å². The smallest absolute Gasteiger partial charge is 0.219 e. The monoisotopic (exact) mass is 305 g/mol. The van der Waals surface area contributed by atoms with Crippen LogP contribution in [0.15, 0.2) is 6.20 Å². The number of rotatable bonds is 4. The van der Waals surface area contributed by atoms with E-state index in [0.29, 0.717) is 12.1 Å². The highest BCUT2D eigenvalue weighted by atomic mass is 16.2. The third-order valence-electron chi connectivity index (χ3n) is 5.21. The molecule has 22 heavy (non-hydrogen) atoms. The molecule has 1 aromatic rings. The van der Waals surface area contributed by atoms with Gasteiger partial charge >= 0.3 is 0 Å². The van der Waals surface area contributed by atoms with Crippen LogP contribution >= 0.6 is 0 Å². The largest absolute Gasteiger partial charge is 0.337 e. The second-order valence-electron chi connectivity index (χ2n) is 6.72. The van der Waals surface area contributed by atoms with Gasteiger partial charge in [0.05, 0.1) is 11.9 Å². The van der Waals surface area contributed by atoms with Gasteiger partial charge in [0.15, 0.2) is 0 Å². The Morgan fingerprint density at radius 3 is 2.55 bits per heavy atom. The average Bonchev–Trinajstić information content (AvgIpc) is 2.70. The summed E-state index contributed by atoms with van der Waals surface area (Å²) < 4.78 is 1.85. The van der Waals surface area contributed by atoms with Gasteiger partial charge in [-0.2, -0.15) is 0 Å². The molecular weight excluding hydrogens is 278 g/mol. The van der Waals surface area contributed by atoms with Gasteiger partial charge in [-0.15, -0.1) is 5.10 Å². The first-order chi connectivity index (χ1) is 10.6. The van der Waals surface area contributed by atoms with E-state index in [1.807, 2.05) is 17.9 Å². The van der Waals surface area contributed by atoms with Crippen molar-refractivity contribution in [2.75, 3.05) is 13.1 Å². The van der Waals surface area contributed by atoms with E-state index in [-0.39, 0.29) is 5.91 Å². The van der Waals surface area contributed by atoms with E-state index in [1.165, 1.54) is 19.3 Å². The number of carbonyl (C=O) groups is 1. The number of aryl methyl sites for hydroxylation is 1. The van der Waals surface area contributed by atoms with E-state index in [0.717, 1.165) is 44.6 Å². The standard InChI is InChI=1S/C16H27N5O/c1-13(22)21(14-5-3-6-14)15-7-4-9-20(10-8-15)12-16-11-17-18-19(16)2/h11,14-15H,3-10,12H2,1-2H3/t15-/m0/s1. The van der Waals surface area contributed by atoms with Crippen molar-refractivity contribution < 1.29 is 4.79 Å². The fourth-order valence-corrected chi connectivity index (χ4v) is 3.73. The molecule has 1 saturated carbocycles. The molecule has 1 saturated heterocycles. The molecule has 0 radical (unpaired) electrons. The summed E-state index contributed by atoms with van der Waals surface area (Å²) in [7, 11) is 1.94.